The van der Waals surface area contributed by atoms with Crippen LogP contribution in [-0.4, -0.2) is 49.6 Å². The Hall–Kier alpha value is -0.720. The molecule has 24 heavy (non-hydrogen) atoms. The van der Waals surface area contributed by atoms with Gasteiger partial charge in [-0.1, -0.05) is 26.0 Å². The Balaban J connectivity index is 0. The summed E-state index contributed by atoms with van der Waals surface area (Å²) in [6.07, 6.45) is 0.642. The first-order valence-corrected chi connectivity index (χ1v) is 7.78. The molecule has 0 aromatic heterocycles. The summed E-state index contributed by atoms with van der Waals surface area (Å²) >= 11 is 0. The predicted molar refractivity (Wildman–Crippen MR) is 109 cm³/mol. The molecule has 0 saturated carbocycles. The summed E-state index contributed by atoms with van der Waals surface area (Å²) in [7, 11) is 0. The van der Waals surface area contributed by atoms with E-state index in [9.17, 15) is 4.79 Å². The van der Waals surface area contributed by atoms with Crippen LogP contribution in [0.2, 0.25) is 0 Å². The van der Waals surface area contributed by atoms with E-state index in [2.05, 4.69) is 28.1 Å². The molecule has 1 fully saturated rings. The molecule has 1 amide bonds. The number of carbonyl (C=O) groups is 1. The molecule has 0 unspecified atom stereocenters. The quantitative estimate of drug-likeness (QED) is 0.799. The van der Waals surface area contributed by atoms with Gasteiger partial charge >= 0.3 is 0 Å². The third kappa shape index (κ3) is 6.65. The van der Waals surface area contributed by atoms with Gasteiger partial charge in [0.05, 0.1) is 17.4 Å². The summed E-state index contributed by atoms with van der Waals surface area (Å²) in [5.41, 5.74) is 7.74. The Bertz CT molecular complexity index is 482. The van der Waals surface area contributed by atoms with Gasteiger partial charge in [0.2, 0.25) is 5.91 Å². The number of nitrogens with one attached hydrogen (secondary N) is 1. The lowest BCUT2D eigenvalue weighted by molar-refractivity contribution is -0.117. The number of halogens is 3. The van der Waals surface area contributed by atoms with E-state index in [1.165, 1.54) is 0 Å². The highest BCUT2D eigenvalue weighted by Crippen LogP contribution is 2.26. The van der Waals surface area contributed by atoms with E-state index in [4.69, 9.17) is 5.73 Å². The van der Waals surface area contributed by atoms with Crippen molar-refractivity contribution in [2.75, 3.05) is 42.9 Å². The van der Waals surface area contributed by atoms with E-state index in [1.807, 2.05) is 25.1 Å². The van der Waals surface area contributed by atoms with Crippen molar-refractivity contribution < 1.29 is 4.79 Å². The molecule has 0 spiro atoms. The predicted octanol–water partition coefficient (Wildman–Crippen LogP) is 2.77. The largest absolute Gasteiger partial charge is 0.367 e. The highest BCUT2D eigenvalue weighted by atomic mass is 35.5. The van der Waals surface area contributed by atoms with Crippen LogP contribution in [0.5, 0.6) is 0 Å². The van der Waals surface area contributed by atoms with Gasteiger partial charge in [0, 0.05) is 26.2 Å². The zero-order valence-corrected chi connectivity index (χ0v) is 16.7. The molecule has 1 aliphatic rings. The van der Waals surface area contributed by atoms with Gasteiger partial charge in [-0.05, 0) is 25.1 Å². The number of hydrogen-bond acceptors (Lipinski definition) is 4. The Morgan fingerprint density at radius 2 is 1.71 bits per heavy atom. The zero-order valence-electron chi connectivity index (χ0n) is 14.2. The maximum atomic E-state index is 12.0. The molecule has 1 aromatic rings. The number of anilines is 2. The van der Waals surface area contributed by atoms with E-state index in [1.54, 1.807) is 0 Å². The van der Waals surface area contributed by atoms with Crippen LogP contribution in [-0.2, 0) is 4.79 Å². The zero-order chi connectivity index (χ0) is 15.2. The summed E-state index contributed by atoms with van der Waals surface area (Å²) in [5.74, 6) is -0.114. The van der Waals surface area contributed by atoms with Gasteiger partial charge in [-0.3, -0.25) is 4.79 Å². The molecule has 1 saturated heterocycles. The van der Waals surface area contributed by atoms with Gasteiger partial charge in [-0.15, -0.1) is 37.2 Å². The fraction of sp³-hybridized carbons (Fsp3) is 0.562. The van der Waals surface area contributed by atoms with Crippen molar-refractivity contribution in [1.82, 2.24) is 4.90 Å². The van der Waals surface area contributed by atoms with Crippen LogP contribution in [0, 0.1) is 0 Å². The van der Waals surface area contributed by atoms with E-state index >= 15 is 0 Å². The number of benzene rings is 1. The topological polar surface area (TPSA) is 61.6 Å². The third-order valence-corrected chi connectivity index (χ3v) is 4.10. The van der Waals surface area contributed by atoms with Crippen molar-refractivity contribution in [3.63, 3.8) is 0 Å². The Labute approximate surface area is 163 Å². The molecule has 0 bridgehead atoms. The first-order chi connectivity index (χ1) is 10.2. The van der Waals surface area contributed by atoms with Crippen molar-refractivity contribution in [2.24, 2.45) is 5.73 Å². The molecule has 5 nitrogen and oxygen atoms in total. The number of rotatable bonds is 5. The molecule has 1 atom stereocenters. The summed E-state index contributed by atoms with van der Waals surface area (Å²) in [6, 6.07) is 7.52. The van der Waals surface area contributed by atoms with Gasteiger partial charge in [-0.2, -0.15) is 0 Å². The minimum atomic E-state index is -0.449. The summed E-state index contributed by atoms with van der Waals surface area (Å²) in [6.45, 7) is 9.30. The normalized spacial score (nSPS) is 15.4. The van der Waals surface area contributed by atoms with Gasteiger partial charge in [-0.25, -0.2) is 0 Å². The average molecular weight is 400 g/mol. The van der Waals surface area contributed by atoms with E-state index in [0.717, 1.165) is 44.1 Å². The van der Waals surface area contributed by atoms with Crippen LogP contribution in [0.3, 0.4) is 0 Å². The van der Waals surface area contributed by atoms with Crippen LogP contribution in [0.15, 0.2) is 24.3 Å². The molecule has 0 radical (unpaired) electrons. The second kappa shape index (κ2) is 12.6. The second-order valence-electron chi connectivity index (χ2n) is 5.44. The summed E-state index contributed by atoms with van der Waals surface area (Å²) in [4.78, 5) is 16.8. The fourth-order valence-corrected chi connectivity index (χ4v) is 2.57. The van der Waals surface area contributed by atoms with Crippen molar-refractivity contribution >= 4 is 54.5 Å². The van der Waals surface area contributed by atoms with E-state index in [0.29, 0.717) is 6.42 Å². The fourth-order valence-electron chi connectivity index (χ4n) is 2.57. The minimum absolute atomic E-state index is 0. The van der Waals surface area contributed by atoms with E-state index in [-0.39, 0.29) is 43.1 Å². The van der Waals surface area contributed by atoms with Crippen LogP contribution < -0.4 is 16.0 Å². The number of nitrogens with zero attached hydrogens (tertiary/aromatic N) is 2. The number of hydrogen-bond donors (Lipinski definition) is 2. The molecule has 3 N–H and O–H groups in total. The average Bonchev–Trinajstić information content (AvgIpc) is 2.54. The SMILES string of the molecule is CC[C@H](N)C(=O)Nc1ccccc1N1CCN(CC)CC1.Cl.Cl.Cl. The minimum Gasteiger partial charge on any atom is -0.367 e. The van der Waals surface area contributed by atoms with Crippen LogP contribution in [0.1, 0.15) is 20.3 Å². The maximum absolute atomic E-state index is 12.0. The summed E-state index contributed by atoms with van der Waals surface area (Å²) < 4.78 is 0. The summed E-state index contributed by atoms with van der Waals surface area (Å²) in [5, 5.41) is 2.96. The van der Waals surface area contributed by atoms with Gasteiger partial charge in [0.15, 0.2) is 0 Å². The lowest BCUT2D eigenvalue weighted by Crippen LogP contribution is -2.46. The molecule has 1 aromatic carbocycles. The molecule has 1 aliphatic heterocycles. The van der Waals surface area contributed by atoms with Crippen LogP contribution in [0.25, 0.3) is 0 Å². The van der Waals surface area contributed by atoms with Crippen molar-refractivity contribution in [1.29, 1.82) is 0 Å². The number of para-hydroxylation sites is 2. The molecular weight excluding hydrogens is 371 g/mol. The lowest BCUT2D eigenvalue weighted by atomic mass is 10.2. The van der Waals surface area contributed by atoms with E-state index < -0.39 is 6.04 Å². The highest BCUT2D eigenvalue weighted by Gasteiger charge is 2.19. The molecular formula is C16H29Cl3N4O. The molecule has 2 rings (SSSR count). The Morgan fingerprint density at radius 1 is 1.12 bits per heavy atom. The Morgan fingerprint density at radius 3 is 2.25 bits per heavy atom. The molecule has 140 valence electrons. The maximum Gasteiger partial charge on any atom is 0.241 e. The number of likely N-dealkylation sites (N-methyl/N-ethyl adjacent to an activating group) is 1. The van der Waals surface area contributed by atoms with Gasteiger partial charge in [0.25, 0.3) is 0 Å². The highest BCUT2D eigenvalue weighted by molar-refractivity contribution is 5.97. The number of piperazine rings is 1. The first kappa shape index (κ1) is 25.5. The number of carbonyl (C=O) groups excluding carboxylic acids is 1. The second-order valence-corrected chi connectivity index (χ2v) is 5.44. The van der Waals surface area contributed by atoms with Gasteiger partial charge in [0.1, 0.15) is 0 Å². The van der Waals surface area contributed by atoms with Crippen molar-refractivity contribution in [2.45, 2.75) is 26.3 Å². The smallest absolute Gasteiger partial charge is 0.241 e. The number of amides is 1. The third-order valence-electron chi connectivity index (χ3n) is 4.10. The van der Waals surface area contributed by atoms with Crippen LogP contribution in [0.4, 0.5) is 11.4 Å². The van der Waals surface area contributed by atoms with Crippen molar-refractivity contribution in [3.05, 3.63) is 24.3 Å². The molecule has 0 aliphatic carbocycles. The molecule has 1 heterocycles. The number of nitrogens with two attached hydrogens (primary N) is 1. The standard InChI is InChI=1S/C16H26N4O.3ClH/c1-3-13(17)16(21)18-14-7-5-6-8-15(14)20-11-9-19(4-2)10-12-20;;;/h5-8,13H,3-4,9-12,17H2,1-2H3,(H,18,21);3*1H/t13-;;;/m0.../s1. The van der Waals surface area contributed by atoms with Crippen molar-refractivity contribution in [3.8, 4) is 0 Å². The lowest BCUT2D eigenvalue weighted by Gasteiger charge is -2.36. The van der Waals surface area contributed by atoms with Crippen LogP contribution >= 0.6 is 37.2 Å². The first-order valence-electron chi connectivity index (χ1n) is 7.78. The Kier molecular flexibility index (Phi) is 13.4. The molecule has 8 heteroatoms. The van der Waals surface area contributed by atoms with Gasteiger partial charge < -0.3 is 20.9 Å². The monoisotopic (exact) mass is 398 g/mol.